The minimum Gasteiger partial charge on any atom is -0.385 e. The Balaban J connectivity index is 1.90. The van der Waals surface area contributed by atoms with E-state index in [0.29, 0.717) is 5.41 Å². The van der Waals surface area contributed by atoms with Crippen molar-refractivity contribution < 1.29 is 0 Å². The van der Waals surface area contributed by atoms with Gasteiger partial charge in [0.2, 0.25) is 0 Å². The van der Waals surface area contributed by atoms with Crippen molar-refractivity contribution in [3.63, 3.8) is 0 Å². The molecule has 20 heavy (non-hydrogen) atoms. The van der Waals surface area contributed by atoms with E-state index in [-0.39, 0.29) is 0 Å². The van der Waals surface area contributed by atoms with Crippen LogP contribution in [0.4, 0.5) is 5.69 Å². The molecule has 112 valence electrons. The monoisotopic (exact) mass is 275 g/mol. The van der Waals surface area contributed by atoms with Crippen LogP contribution in [0.15, 0.2) is 18.3 Å². The predicted octanol–water partition coefficient (Wildman–Crippen LogP) is 3.92. The van der Waals surface area contributed by atoms with Crippen LogP contribution in [0.25, 0.3) is 0 Å². The maximum absolute atomic E-state index is 4.51. The summed E-state index contributed by atoms with van der Waals surface area (Å²) in [6.07, 6.45) is 7.25. The first-order chi connectivity index (χ1) is 9.71. The third kappa shape index (κ3) is 3.72. The first-order valence-corrected chi connectivity index (χ1v) is 8.12. The van der Waals surface area contributed by atoms with Gasteiger partial charge in [0.05, 0.1) is 5.69 Å². The first kappa shape index (κ1) is 15.3. The molecule has 1 aromatic rings. The van der Waals surface area contributed by atoms with Crippen molar-refractivity contribution in [3.05, 3.63) is 24.0 Å². The highest BCUT2D eigenvalue weighted by atomic mass is 15.1. The average molecular weight is 275 g/mol. The molecule has 1 aliphatic heterocycles. The lowest BCUT2D eigenvalue weighted by atomic mass is 9.74. The lowest BCUT2D eigenvalue weighted by molar-refractivity contribution is 0.0901. The van der Waals surface area contributed by atoms with Gasteiger partial charge in [-0.15, -0.1) is 0 Å². The number of likely N-dealkylation sites (tertiary alicyclic amines) is 1. The largest absolute Gasteiger partial charge is 0.385 e. The van der Waals surface area contributed by atoms with E-state index in [1.54, 1.807) is 0 Å². The van der Waals surface area contributed by atoms with Crippen molar-refractivity contribution in [2.75, 3.05) is 25.0 Å². The number of hydrogen-bond donors (Lipinski definition) is 1. The van der Waals surface area contributed by atoms with Gasteiger partial charge in [-0.25, -0.2) is 0 Å². The zero-order valence-corrected chi connectivity index (χ0v) is 13.3. The summed E-state index contributed by atoms with van der Waals surface area (Å²) in [5.74, 6) is 0. The van der Waals surface area contributed by atoms with E-state index in [1.807, 2.05) is 12.3 Å². The van der Waals surface area contributed by atoms with Crippen LogP contribution in [0.3, 0.4) is 0 Å². The maximum Gasteiger partial charge on any atom is 0.0564 e. The zero-order chi connectivity index (χ0) is 14.4. The quantitative estimate of drug-likeness (QED) is 0.853. The molecule has 2 rings (SSSR count). The number of pyridine rings is 1. The number of aromatic nitrogens is 1. The van der Waals surface area contributed by atoms with Gasteiger partial charge in [-0.2, -0.15) is 0 Å². The van der Waals surface area contributed by atoms with Crippen LogP contribution in [0.5, 0.6) is 0 Å². The molecule has 0 atom stereocenters. The molecule has 0 amide bonds. The highest BCUT2D eigenvalue weighted by Crippen LogP contribution is 2.38. The molecule has 0 radical (unpaired) electrons. The van der Waals surface area contributed by atoms with Gasteiger partial charge in [0.1, 0.15) is 0 Å². The summed E-state index contributed by atoms with van der Waals surface area (Å²) in [6.45, 7) is 11.2. The summed E-state index contributed by atoms with van der Waals surface area (Å²) >= 11 is 0. The van der Waals surface area contributed by atoms with Crippen LogP contribution in [0.1, 0.15) is 52.1 Å². The lowest BCUT2D eigenvalue weighted by Gasteiger charge is -2.41. The van der Waals surface area contributed by atoms with Crippen LogP contribution in [0.2, 0.25) is 0 Å². The predicted molar refractivity (Wildman–Crippen MR) is 85.9 cm³/mol. The highest BCUT2D eigenvalue weighted by Gasteiger charge is 2.31. The summed E-state index contributed by atoms with van der Waals surface area (Å²) in [5, 5.41) is 3.36. The van der Waals surface area contributed by atoms with E-state index in [1.165, 1.54) is 50.2 Å². The highest BCUT2D eigenvalue weighted by molar-refractivity contribution is 5.42. The Morgan fingerprint density at radius 1 is 1.20 bits per heavy atom. The fourth-order valence-corrected chi connectivity index (χ4v) is 3.25. The fraction of sp³-hybridized carbons (Fsp3) is 0.706. The summed E-state index contributed by atoms with van der Waals surface area (Å²) in [4.78, 5) is 7.07. The molecule has 0 saturated carbocycles. The van der Waals surface area contributed by atoms with Crippen molar-refractivity contribution in [1.82, 2.24) is 9.88 Å². The number of rotatable bonds is 6. The van der Waals surface area contributed by atoms with Crippen molar-refractivity contribution in [2.24, 2.45) is 5.41 Å². The number of nitrogens with one attached hydrogen (secondary N) is 1. The van der Waals surface area contributed by atoms with Gasteiger partial charge in [-0.3, -0.25) is 9.88 Å². The molecule has 1 aromatic heterocycles. The van der Waals surface area contributed by atoms with Gasteiger partial charge in [-0.1, -0.05) is 26.7 Å². The third-order valence-electron chi connectivity index (χ3n) is 5.00. The minimum atomic E-state index is 0.607. The van der Waals surface area contributed by atoms with Crippen LogP contribution in [-0.4, -0.2) is 29.5 Å². The molecule has 0 aromatic carbocycles. The third-order valence-corrected chi connectivity index (χ3v) is 5.00. The number of nitrogens with zero attached hydrogens (tertiary/aromatic N) is 2. The summed E-state index contributed by atoms with van der Waals surface area (Å²) in [7, 11) is 0. The van der Waals surface area contributed by atoms with E-state index in [9.17, 15) is 0 Å². The summed E-state index contributed by atoms with van der Waals surface area (Å²) in [5.41, 5.74) is 2.98. The second kappa shape index (κ2) is 7.07. The number of piperidine rings is 1. The van der Waals surface area contributed by atoms with E-state index in [4.69, 9.17) is 0 Å². The van der Waals surface area contributed by atoms with E-state index in [2.05, 4.69) is 42.0 Å². The molecule has 1 fully saturated rings. The molecule has 0 bridgehead atoms. The SMILES string of the molecule is CCNc1ccnc(CN2CCC(CC)(CC)CC2)c1. The maximum atomic E-state index is 4.51. The van der Waals surface area contributed by atoms with Crippen LogP contribution >= 0.6 is 0 Å². The smallest absolute Gasteiger partial charge is 0.0564 e. The Labute approximate surface area is 123 Å². The summed E-state index contributed by atoms with van der Waals surface area (Å²) < 4.78 is 0. The molecule has 0 aliphatic carbocycles. The van der Waals surface area contributed by atoms with Crippen LogP contribution in [-0.2, 0) is 6.54 Å². The molecule has 2 heterocycles. The Bertz CT molecular complexity index is 402. The molecular formula is C17H29N3. The molecule has 3 heteroatoms. The van der Waals surface area contributed by atoms with Gasteiger partial charge in [0, 0.05) is 25.0 Å². The standard InChI is InChI=1S/C17H29N3/c1-4-17(5-2)8-11-20(12-9-17)14-16-13-15(18-6-3)7-10-19-16/h7,10,13H,4-6,8-9,11-12,14H2,1-3H3,(H,18,19). The Morgan fingerprint density at radius 2 is 1.90 bits per heavy atom. The first-order valence-electron chi connectivity index (χ1n) is 8.12. The van der Waals surface area contributed by atoms with Gasteiger partial charge in [-0.05, 0) is 50.4 Å². The second-order valence-electron chi connectivity index (χ2n) is 6.05. The van der Waals surface area contributed by atoms with Gasteiger partial charge >= 0.3 is 0 Å². The minimum absolute atomic E-state index is 0.607. The average Bonchev–Trinajstić information content (AvgIpc) is 2.49. The molecule has 1 saturated heterocycles. The van der Waals surface area contributed by atoms with Crippen molar-refractivity contribution in [1.29, 1.82) is 0 Å². The van der Waals surface area contributed by atoms with Gasteiger partial charge in [0.15, 0.2) is 0 Å². The molecule has 0 unspecified atom stereocenters. The van der Waals surface area contributed by atoms with Crippen molar-refractivity contribution in [3.8, 4) is 0 Å². The van der Waals surface area contributed by atoms with Crippen molar-refractivity contribution >= 4 is 5.69 Å². The van der Waals surface area contributed by atoms with E-state index < -0.39 is 0 Å². The normalized spacial score (nSPS) is 18.9. The molecule has 3 nitrogen and oxygen atoms in total. The fourth-order valence-electron chi connectivity index (χ4n) is 3.25. The lowest BCUT2D eigenvalue weighted by Crippen LogP contribution is -2.39. The van der Waals surface area contributed by atoms with Gasteiger partial charge in [0.25, 0.3) is 0 Å². The van der Waals surface area contributed by atoms with Crippen LogP contribution < -0.4 is 5.32 Å². The molecule has 1 N–H and O–H groups in total. The molecule has 1 aliphatic rings. The molecular weight excluding hydrogens is 246 g/mol. The summed E-state index contributed by atoms with van der Waals surface area (Å²) in [6, 6.07) is 4.23. The van der Waals surface area contributed by atoms with E-state index in [0.717, 1.165) is 13.1 Å². The Morgan fingerprint density at radius 3 is 2.50 bits per heavy atom. The molecule has 0 spiro atoms. The van der Waals surface area contributed by atoms with Crippen LogP contribution in [0, 0.1) is 5.41 Å². The number of anilines is 1. The zero-order valence-electron chi connectivity index (χ0n) is 13.3. The number of hydrogen-bond acceptors (Lipinski definition) is 3. The topological polar surface area (TPSA) is 28.2 Å². The Hall–Kier alpha value is -1.09. The Kier molecular flexibility index (Phi) is 5.41. The van der Waals surface area contributed by atoms with Crippen molar-refractivity contribution in [2.45, 2.75) is 53.0 Å². The second-order valence-corrected chi connectivity index (χ2v) is 6.05. The van der Waals surface area contributed by atoms with Gasteiger partial charge < -0.3 is 5.32 Å². The van der Waals surface area contributed by atoms with E-state index >= 15 is 0 Å².